The van der Waals surface area contributed by atoms with E-state index < -0.39 is 11.9 Å². The van der Waals surface area contributed by atoms with Crippen LogP contribution in [0.25, 0.3) is 0 Å². The number of hydrogen-bond donors (Lipinski definition) is 4. The van der Waals surface area contributed by atoms with Gasteiger partial charge in [0.25, 0.3) is 0 Å². The van der Waals surface area contributed by atoms with Crippen LogP contribution in [0.4, 0.5) is 11.5 Å². The van der Waals surface area contributed by atoms with Gasteiger partial charge < -0.3 is 30.7 Å². The van der Waals surface area contributed by atoms with Crippen LogP contribution < -0.4 is 20.5 Å². The molecule has 1 aromatic carbocycles. The van der Waals surface area contributed by atoms with Gasteiger partial charge in [-0.15, -0.1) is 0 Å². The van der Waals surface area contributed by atoms with Crippen molar-refractivity contribution in [3.8, 4) is 11.5 Å². The van der Waals surface area contributed by atoms with Gasteiger partial charge >= 0.3 is 11.9 Å². The zero-order chi connectivity index (χ0) is 18.8. The predicted octanol–water partition coefficient (Wildman–Crippen LogP) is 1.45. The highest BCUT2D eigenvalue weighted by Gasteiger charge is 2.05. The number of rotatable bonds is 5. The fraction of sp³-hybridized carbons (Fsp3) is 0.188. The maximum atomic E-state index is 9.10. The fourth-order valence-corrected chi connectivity index (χ4v) is 1.69. The maximum absolute atomic E-state index is 9.10. The standard InChI is InChI=1S/C14H17N3O2.C2H2O4/c1-18-12-5-3-10(13(7-12)19-2)8-16-14-6-4-11(15)9-17-14;3-1(4)2(5)6/h3-7,9H,8,15H2,1-2H3,(H,16,17);(H,3,4)(H,5,6). The molecule has 134 valence electrons. The molecule has 1 aromatic heterocycles. The van der Waals surface area contributed by atoms with Crippen LogP contribution >= 0.6 is 0 Å². The van der Waals surface area contributed by atoms with Crippen molar-refractivity contribution in [1.29, 1.82) is 0 Å². The molecule has 0 aliphatic rings. The highest BCUT2D eigenvalue weighted by molar-refractivity contribution is 6.27. The molecule has 0 aliphatic heterocycles. The Hall–Kier alpha value is -3.49. The molecule has 1 heterocycles. The van der Waals surface area contributed by atoms with E-state index in [4.69, 9.17) is 35.0 Å². The molecule has 0 unspecified atom stereocenters. The van der Waals surface area contributed by atoms with E-state index in [2.05, 4.69) is 10.3 Å². The molecule has 0 atom stereocenters. The monoisotopic (exact) mass is 349 g/mol. The number of carboxylic acid groups (broad SMARTS) is 2. The van der Waals surface area contributed by atoms with E-state index in [0.717, 1.165) is 22.9 Å². The molecular weight excluding hydrogens is 330 g/mol. The van der Waals surface area contributed by atoms with E-state index in [0.29, 0.717) is 12.2 Å². The Morgan fingerprint density at radius 2 is 1.80 bits per heavy atom. The third-order valence-corrected chi connectivity index (χ3v) is 2.92. The van der Waals surface area contributed by atoms with Crippen molar-refractivity contribution in [1.82, 2.24) is 4.98 Å². The number of methoxy groups -OCH3 is 2. The number of nitrogens with one attached hydrogen (secondary N) is 1. The van der Waals surface area contributed by atoms with E-state index >= 15 is 0 Å². The van der Waals surface area contributed by atoms with Gasteiger partial charge in [0.05, 0.1) is 26.1 Å². The van der Waals surface area contributed by atoms with Crippen LogP contribution in [0.5, 0.6) is 11.5 Å². The Bertz CT molecular complexity index is 706. The lowest BCUT2D eigenvalue weighted by molar-refractivity contribution is -0.159. The molecule has 0 fully saturated rings. The summed E-state index contributed by atoms with van der Waals surface area (Å²) >= 11 is 0. The third-order valence-electron chi connectivity index (χ3n) is 2.92. The fourth-order valence-electron chi connectivity index (χ4n) is 1.69. The van der Waals surface area contributed by atoms with Crippen molar-refractivity contribution in [3.63, 3.8) is 0 Å². The van der Waals surface area contributed by atoms with Crippen molar-refractivity contribution in [2.75, 3.05) is 25.3 Å². The van der Waals surface area contributed by atoms with Crippen molar-refractivity contribution in [2.45, 2.75) is 6.54 Å². The van der Waals surface area contributed by atoms with Crippen LogP contribution in [0, 0.1) is 0 Å². The summed E-state index contributed by atoms with van der Waals surface area (Å²) in [5.74, 6) is -1.33. The topological polar surface area (TPSA) is 144 Å². The number of nitrogens with zero attached hydrogens (tertiary/aromatic N) is 1. The largest absolute Gasteiger partial charge is 0.497 e. The number of pyridine rings is 1. The SMILES string of the molecule is COc1ccc(CNc2ccc(N)cn2)c(OC)c1.O=C(O)C(=O)O. The second-order valence-electron chi connectivity index (χ2n) is 4.62. The molecule has 2 aromatic rings. The number of anilines is 2. The van der Waals surface area contributed by atoms with E-state index in [1.165, 1.54) is 0 Å². The molecule has 25 heavy (non-hydrogen) atoms. The summed E-state index contributed by atoms with van der Waals surface area (Å²) in [5, 5.41) is 18.0. The van der Waals surface area contributed by atoms with Gasteiger partial charge in [-0.05, 0) is 24.3 Å². The lowest BCUT2D eigenvalue weighted by Gasteiger charge is -2.11. The summed E-state index contributed by atoms with van der Waals surface area (Å²) in [6, 6.07) is 9.36. The Morgan fingerprint density at radius 1 is 1.12 bits per heavy atom. The minimum absolute atomic E-state index is 0.615. The van der Waals surface area contributed by atoms with Gasteiger partial charge in [-0.3, -0.25) is 0 Å². The minimum Gasteiger partial charge on any atom is -0.497 e. The highest BCUT2D eigenvalue weighted by Crippen LogP contribution is 2.25. The number of carbonyl (C=O) groups is 2. The number of ether oxygens (including phenoxy) is 2. The average molecular weight is 349 g/mol. The number of aromatic nitrogens is 1. The van der Waals surface area contributed by atoms with Crippen LogP contribution in [0.3, 0.4) is 0 Å². The first-order chi connectivity index (χ1) is 11.9. The summed E-state index contributed by atoms with van der Waals surface area (Å²) in [6.45, 7) is 0.615. The summed E-state index contributed by atoms with van der Waals surface area (Å²) < 4.78 is 10.5. The number of benzene rings is 1. The van der Waals surface area contributed by atoms with Crippen molar-refractivity contribution in [3.05, 3.63) is 42.1 Å². The third kappa shape index (κ3) is 6.65. The normalized spacial score (nSPS) is 9.36. The van der Waals surface area contributed by atoms with Gasteiger partial charge in [0.2, 0.25) is 0 Å². The molecule has 0 spiro atoms. The van der Waals surface area contributed by atoms with E-state index in [9.17, 15) is 0 Å². The second-order valence-corrected chi connectivity index (χ2v) is 4.62. The average Bonchev–Trinajstić information content (AvgIpc) is 2.61. The first-order valence-corrected chi connectivity index (χ1v) is 7.00. The van der Waals surface area contributed by atoms with Crippen LogP contribution in [-0.2, 0) is 16.1 Å². The molecule has 0 bridgehead atoms. The van der Waals surface area contributed by atoms with Crippen LogP contribution in [0.15, 0.2) is 36.5 Å². The lowest BCUT2D eigenvalue weighted by atomic mass is 10.2. The minimum atomic E-state index is -1.82. The first-order valence-electron chi connectivity index (χ1n) is 7.00. The maximum Gasteiger partial charge on any atom is 0.414 e. The number of hydrogen-bond acceptors (Lipinski definition) is 7. The molecule has 0 saturated heterocycles. The summed E-state index contributed by atoms with van der Waals surface area (Å²) in [5.41, 5.74) is 7.26. The van der Waals surface area contributed by atoms with Crippen molar-refractivity contribution < 1.29 is 29.3 Å². The van der Waals surface area contributed by atoms with Crippen molar-refractivity contribution in [2.24, 2.45) is 0 Å². The lowest BCUT2D eigenvalue weighted by Crippen LogP contribution is -2.09. The zero-order valence-electron chi connectivity index (χ0n) is 13.7. The number of nitrogen functional groups attached to an aromatic ring is 1. The van der Waals surface area contributed by atoms with Crippen LogP contribution in [-0.4, -0.2) is 41.4 Å². The Kier molecular flexibility index (Phi) is 7.51. The van der Waals surface area contributed by atoms with Crippen LogP contribution in [0.2, 0.25) is 0 Å². The molecule has 0 saturated carbocycles. The number of aliphatic carboxylic acids is 2. The predicted molar refractivity (Wildman–Crippen MR) is 90.8 cm³/mol. The van der Waals surface area contributed by atoms with Gasteiger partial charge in [0, 0.05) is 18.2 Å². The smallest absolute Gasteiger partial charge is 0.414 e. The summed E-state index contributed by atoms with van der Waals surface area (Å²) in [7, 11) is 3.27. The molecule has 9 heteroatoms. The van der Waals surface area contributed by atoms with Gasteiger partial charge in [-0.1, -0.05) is 0 Å². The molecular formula is C16H19N3O6. The Balaban J connectivity index is 0.000000450. The second kappa shape index (κ2) is 9.60. The quantitative estimate of drug-likeness (QED) is 0.589. The van der Waals surface area contributed by atoms with Gasteiger partial charge in [-0.25, -0.2) is 14.6 Å². The molecule has 5 N–H and O–H groups in total. The Labute approximate surface area is 144 Å². The highest BCUT2D eigenvalue weighted by atomic mass is 16.5. The summed E-state index contributed by atoms with van der Waals surface area (Å²) in [6.07, 6.45) is 1.62. The number of carboxylic acids is 2. The van der Waals surface area contributed by atoms with Crippen LogP contribution in [0.1, 0.15) is 5.56 Å². The number of nitrogens with two attached hydrogens (primary N) is 1. The van der Waals surface area contributed by atoms with Crippen molar-refractivity contribution >= 4 is 23.4 Å². The molecule has 9 nitrogen and oxygen atoms in total. The van der Waals surface area contributed by atoms with E-state index in [1.54, 1.807) is 26.5 Å². The van der Waals surface area contributed by atoms with Gasteiger partial charge in [0.15, 0.2) is 0 Å². The summed E-state index contributed by atoms with van der Waals surface area (Å²) in [4.78, 5) is 22.4. The molecule has 0 amide bonds. The zero-order valence-corrected chi connectivity index (χ0v) is 13.7. The van der Waals surface area contributed by atoms with E-state index in [-0.39, 0.29) is 0 Å². The molecule has 0 aliphatic carbocycles. The molecule has 2 rings (SSSR count). The Morgan fingerprint density at radius 3 is 2.28 bits per heavy atom. The molecule has 0 radical (unpaired) electrons. The van der Waals surface area contributed by atoms with Gasteiger partial charge in [0.1, 0.15) is 17.3 Å². The van der Waals surface area contributed by atoms with E-state index in [1.807, 2.05) is 24.3 Å². The first kappa shape index (κ1) is 19.6. The van der Waals surface area contributed by atoms with Gasteiger partial charge in [-0.2, -0.15) is 0 Å².